The fourth-order valence-electron chi connectivity index (χ4n) is 3.05. The molecule has 1 aromatic carbocycles. The van der Waals surface area contributed by atoms with E-state index in [1.807, 2.05) is 53.4 Å². The number of nitrogens with zero attached hydrogens (tertiary/aromatic N) is 4. The van der Waals surface area contributed by atoms with Crippen LogP contribution in [0.25, 0.3) is 11.5 Å². The molecular formula is C20H19ClN4O2S. The number of hydrogen-bond donors (Lipinski definition) is 0. The number of furan rings is 1. The lowest BCUT2D eigenvalue weighted by atomic mass is 10.2. The van der Waals surface area contributed by atoms with Gasteiger partial charge < -0.3 is 14.2 Å². The van der Waals surface area contributed by atoms with E-state index in [2.05, 4.69) is 15.1 Å². The highest BCUT2D eigenvalue weighted by atomic mass is 35.5. The molecule has 1 aliphatic rings. The number of hydrogen-bond acceptors (Lipinski definition) is 6. The largest absolute Gasteiger partial charge is 0.463 e. The van der Waals surface area contributed by atoms with E-state index in [4.69, 9.17) is 16.0 Å². The van der Waals surface area contributed by atoms with Crippen molar-refractivity contribution in [1.82, 2.24) is 15.1 Å². The van der Waals surface area contributed by atoms with Gasteiger partial charge in [0.15, 0.2) is 5.76 Å². The third kappa shape index (κ3) is 4.48. The van der Waals surface area contributed by atoms with E-state index in [0.717, 1.165) is 28.8 Å². The minimum absolute atomic E-state index is 0.123. The first kappa shape index (κ1) is 18.8. The highest BCUT2D eigenvalue weighted by Crippen LogP contribution is 2.22. The molecule has 0 atom stereocenters. The van der Waals surface area contributed by atoms with E-state index < -0.39 is 0 Å². The number of rotatable bonds is 5. The fraction of sp³-hybridized carbons (Fsp3) is 0.250. The Balaban J connectivity index is 1.26. The summed E-state index contributed by atoms with van der Waals surface area (Å²) in [4.78, 5) is 16.7. The van der Waals surface area contributed by atoms with Crippen molar-refractivity contribution in [1.29, 1.82) is 0 Å². The predicted molar refractivity (Wildman–Crippen MR) is 111 cm³/mol. The van der Waals surface area contributed by atoms with E-state index >= 15 is 0 Å². The van der Waals surface area contributed by atoms with Gasteiger partial charge in [0, 0.05) is 36.9 Å². The van der Waals surface area contributed by atoms with Crippen molar-refractivity contribution < 1.29 is 9.21 Å². The van der Waals surface area contributed by atoms with Crippen molar-refractivity contribution in [3.05, 3.63) is 59.8 Å². The highest BCUT2D eigenvalue weighted by Gasteiger charge is 2.21. The molecule has 0 radical (unpaired) electrons. The van der Waals surface area contributed by atoms with Gasteiger partial charge in [0.1, 0.15) is 10.7 Å². The molecule has 0 spiro atoms. The molecule has 0 aliphatic carbocycles. The number of thioether (sulfide) groups is 1. The molecule has 1 aliphatic heterocycles. The Morgan fingerprint density at radius 3 is 2.46 bits per heavy atom. The summed E-state index contributed by atoms with van der Waals surface area (Å²) in [5.74, 6) is 1.16. The summed E-state index contributed by atoms with van der Waals surface area (Å²) >= 11 is 7.35. The molecule has 8 heteroatoms. The summed E-state index contributed by atoms with van der Waals surface area (Å²) in [5.41, 5.74) is 1.82. The van der Waals surface area contributed by atoms with Crippen molar-refractivity contribution in [3.63, 3.8) is 0 Å². The Labute approximate surface area is 172 Å². The van der Waals surface area contributed by atoms with Gasteiger partial charge in [0.25, 0.3) is 0 Å². The second-order valence-electron chi connectivity index (χ2n) is 6.37. The Hall–Kier alpha value is -2.51. The first-order valence-electron chi connectivity index (χ1n) is 8.98. The van der Waals surface area contributed by atoms with Gasteiger partial charge in [-0.05, 0) is 48.5 Å². The summed E-state index contributed by atoms with van der Waals surface area (Å²) in [7, 11) is 0. The molecule has 0 saturated carbocycles. The molecule has 4 rings (SSSR count). The second kappa shape index (κ2) is 8.67. The number of carbonyl (C=O) groups excluding carboxylic acids is 1. The molecule has 1 fully saturated rings. The lowest BCUT2D eigenvalue weighted by molar-refractivity contribution is -0.128. The van der Waals surface area contributed by atoms with Crippen LogP contribution in [0.3, 0.4) is 0 Å². The second-order valence-corrected chi connectivity index (χ2v) is 7.80. The molecule has 144 valence electrons. The molecule has 0 unspecified atom stereocenters. The van der Waals surface area contributed by atoms with E-state index in [1.54, 1.807) is 6.26 Å². The molecule has 2 aromatic heterocycles. The van der Waals surface area contributed by atoms with Crippen molar-refractivity contribution in [2.24, 2.45) is 0 Å². The van der Waals surface area contributed by atoms with Crippen LogP contribution in [0.1, 0.15) is 0 Å². The van der Waals surface area contributed by atoms with Crippen LogP contribution in [-0.2, 0) is 4.79 Å². The standard InChI is InChI=1S/C20H19ClN4O2S/c21-15-3-5-16(6-4-15)24-9-11-25(12-10-24)20(26)14-28-19-8-7-17(22-23-19)18-2-1-13-27-18/h1-8,13H,9-12,14H2. The molecule has 0 N–H and O–H groups in total. The van der Waals surface area contributed by atoms with Crippen LogP contribution in [0.15, 0.2) is 64.2 Å². The van der Waals surface area contributed by atoms with Crippen LogP contribution >= 0.6 is 23.4 Å². The first-order chi connectivity index (χ1) is 13.7. The van der Waals surface area contributed by atoms with Crippen LogP contribution in [0.4, 0.5) is 5.69 Å². The normalized spacial score (nSPS) is 14.3. The Morgan fingerprint density at radius 1 is 1.04 bits per heavy atom. The summed E-state index contributed by atoms with van der Waals surface area (Å²) in [6.45, 7) is 3.06. The minimum Gasteiger partial charge on any atom is -0.463 e. The van der Waals surface area contributed by atoms with E-state index in [1.165, 1.54) is 11.8 Å². The van der Waals surface area contributed by atoms with Gasteiger partial charge in [-0.15, -0.1) is 10.2 Å². The zero-order valence-electron chi connectivity index (χ0n) is 15.1. The zero-order chi connectivity index (χ0) is 19.3. The molecule has 3 heterocycles. The quantitative estimate of drug-likeness (QED) is 0.591. The molecule has 0 bridgehead atoms. The average Bonchev–Trinajstić information content (AvgIpc) is 3.28. The van der Waals surface area contributed by atoms with Crippen LogP contribution in [0.2, 0.25) is 5.02 Å². The van der Waals surface area contributed by atoms with Gasteiger partial charge in [0.2, 0.25) is 5.91 Å². The number of amides is 1. The van der Waals surface area contributed by atoms with Gasteiger partial charge in [0.05, 0.1) is 12.0 Å². The molecule has 3 aromatic rings. The molecule has 28 heavy (non-hydrogen) atoms. The predicted octanol–water partition coefficient (Wildman–Crippen LogP) is 3.83. The fourth-order valence-corrected chi connectivity index (χ4v) is 3.89. The third-order valence-electron chi connectivity index (χ3n) is 4.58. The lowest BCUT2D eigenvalue weighted by Gasteiger charge is -2.36. The smallest absolute Gasteiger partial charge is 0.233 e. The third-order valence-corrected chi connectivity index (χ3v) is 5.74. The van der Waals surface area contributed by atoms with E-state index in [-0.39, 0.29) is 5.91 Å². The van der Waals surface area contributed by atoms with Crippen LogP contribution in [0.5, 0.6) is 0 Å². The SMILES string of the molecule is O=C(CSc1ccc(-c2ccco2)nn1)N1CCN(c2ccc(Cl)cc2)CC1. The highest BCUT2D eigenvalue weighted by molar-refractivity contribution is 7.99. The summed E-state index contributed by atoms with van der Waals surface area (Å²) in [5, 5.41) is 9.79. The number of piperazine rings is 1. The van der Waals surface area contributed by atoms with Crippen LogP contribution < -0.4 is 4.90 Å². The Bertz CT molecular complexity index is 908. The topological polar surface area (TPSA) is 62.5 Å². The van der Waals surface area contributed by atoms with Crippen molar-refractivity contribution in [2.75, 3.05) is 36.8 Å². The van der Waals surface area contributed by atoms with E-state index in [0.29, 0.717) is 30.3 Å². The molecular weight excluding hydrogens is 396 g/mol. The van der Waals surface area contributed by atoms with Gasteiger partial charge in [-0.2, -0.15) is 0 Å². The number of benzene rings is 1. The van der Waals surface area contributed by atoms with Crippen molar-refractivity contribution in [2.45, 2.75) is 5.03 Å². The first-order valence-corrected chi connectivity index (χ1v) is 10.3. The van der Waals surface area contributed by atoms with Gasteiger partial charge in [-0.3, -0.25) is 4.79 Å². The molecule has 1 amide bonds. The lowest BCUT2D eigenvalue weighted by Crippen LogP contribution is -2.49. The van der Waals surface area contributed by atoms with Crippen molar-refractivity contribution >= 4 is 35.0 Å². The Morgan fingerprint density at radius 2 is 1.82 bits per heavy atom. The maximum atomic E-state index is 12.5. The summed E-state index contributed by atoms with van der Waals surface area (Å²) in [6, 6.07) is 15.2. The number of carbonyl (C=O) groups is 1. The van der Waals surface area contributed by atoms with Crippen molar-refractivity contribution in [3.8, 4) is 11.5 Å². The Kier molecular flexibility index (Phi) is 5.83. The maximum Gasteiger partial charge on any atom is 0.233 e. The molecule has 1 saturated heterocycles. The average molecular weight is 415 g/mol. The number of aromatic nitrogens is 2. The monoisotopic (exact) mass is 414 g/mol. The van der Waals surface area contributed by atoms with Gasteiger partial charge in [-0.1, -0.05) is 23.4 Å². The minimum atomic E-state index is 0.123. The van der Waals surface area contributed by atoms with Crippen LogP contribution in [-0.4, -0.2) is 52.9 Å². The van der Waals surface area contributed by atoms with E-state index in [9.17, 15) is 4.79 Å². The number of halogens is 1. The summed E-state index contributed by atoms with van der Waals surface area (Å²) < 4.78 is 5.30. The van der Waals surface area contributed by atoms with Crippen LogP contribution in [0, 0.1) is 0 Å². The van der Waals surface area contributed by atoms with Gasteiger partial charge in [-0.25, -0.2) is 0 Å². The maximum absolute atomic E-state index is 12.5. The zero-order valence-corrected chi connectivity index (χ0v) is 16.7. The summed E-state index contributed by atoms with van der Waals surface area (Å²) in [6.07, 6.45) is 1.60. The van der Waals surface area contributed by atoms with Gasteiger partial charge >= 0.3 is 0 Å². The molecule has 6 nitrogen and oxygen atoms in total. The number of anilines is 1.